The zero-order chi connectivity index (χ0) is 12.2. The third kappa shape index (κ3) is 2.06. The molecule has 92 valence electrons. The van der Waals surface area contributed by atoms with Gasteiger partial charge in [0.15, 0.2) is 0 Å². The molecule has 0 radical (unpaired) electrons. The number of halogens is 2. The van der Waals surface area contributed by atoms with Crippen molar-refractivity contribution in [1.29, 1.82) is 0 Å². The van der Waals surface area contributed by atoms with Gasteiger partial charge in [0, 0.05) is 21.3 Å². The van der Waals surface area contributed by atoms with Crippen molar-refractivity contribution in [2.45, 2.75) is 31.5 Å². The molecule has 0 spiro atoms. The second kappa shape index (κ2) is 3.99. The molecule has 1 aliphatic heterocycles. The fraction of sp³-hybridized carbons (Fsp3) is 0.571. The molecule has 0 N–H and O–H groups in total. The van der Waals surface area contributed by atoms with Crippen LogP contribution in [0.4, 0.5) is 0 Å². The molecule has 0 amide bonds. The Morgan fingerprint density at radius 3 is 2.76 bits per heavy atom. The summed E-state index contributed by atoms with van der Waals surface area (Å²) in [6, 6.07) is 4.39. The van der Waals surface area contributed by atoms with Crippen LogP contribution in [0.1, 0.15) is 36.2 Å². The normalized spacial score (nSPS) is 26.2. The topological polar surface area (TPSA) is 9.23 Å². The molecule has 1 saturated carbocycles. The summed E-state index contributed by atoms with van der Waals surface area (Å²) in [5, 5.41) is 0. The number of ether oxygens (including phenoxy) is 1. The van der Waals surface area contributed by atoms with E-state index in [2.05, 4.69) is 57.8 Å². The molecule has 2 unspecified atom stereocenters. The minimum Gasteiger partial charge on any atom is -0.493 e. The summed E-state index contributed by atoms with van der Waals surface area (Å²) in [7, 11) is 0. The fourth-order valence-corrected chi connectivity index (χ4v) is 4.49. The maximum atomic E-state index is 5.80. The molecule has 0 aromatic heterocycles. The maximum absolute atomic E-state index is 5.80. The number of fused-ring (bicyclic) bond motifs is 1. The first-order chi connectivity index (χ1) is 7.99. The van der Waals surface area contributed by atoms with Gasteiger partial charge in [-0.1, -0.05) is 45.7 Å². The van der Waals surface area contributed by atoms with Gasteiger partial charge in [0.1, 0.15) is 5.75 Å². The zero-order valence-corrected chi connectivity index (χ0v) is 13.3. The number of alkyl halides is 1. The highest BCUT2D eigenvalue weighted by molar-refractivity contribution is 9.10. The van der Waals surface area contributed by atoms with Crippen LogP contribution in [0.15, 0.2) is 16.6 Å². The van der Waals surface area contributed by atoms with Gasteiger partial charge in [0.05, 0.1) is 6.61 Å². The van der Waals surface area contributed by atoms with Crippen molar-refractivity contribution in [3.63, 3.8) is 0 Å². The number of rotatable bonds is 2. The Balaban J connectivity index is 1.98. The molecule has 1 aromatic rings. The molecular formula is C14H16Br2O. The molecule has 1 aliphatic carbocycles. The van der Waals surface area contributed by atoms with Crippen LogP contribution in [0.5, 0.6) is 5.75 Å². The van der Waals surface area contributed by atoms with Gasteiger partial charge in [0.2, 0.25) is 0 Å². The Bertz CT molecular complexity index is 468. The van der Waals surface area contributed by atoms with Crippen molar-refractivity contribution in [2.75, 3.05) is 6.61 Å². The predicted octanol–water partition coefficient (Wildman–Crippen LogP) is 4.87. The van der Waals surface area contributed by atoms with E-state index in [1.54, 1.807) is 0 Å². The molecule has 1 aromatic carbocycles. The van der Waals surface area contributed by atoms with Gasteiger partial charge in [-0.15, -0.1) is 0 Å². The van der Waals surface area contributed by atoms with Crippen LogP contribution in [-0.4, -0.2) is 6.61 Å². The van der Waals surface area contributed by atoms with E-state index in [0.29, 0.717) is 10.2 Å². The van der Waals surface area contributed by atoms with Crippen LogP contribution < -0.4 is 4.74 Å². The average molecular weight is 360 g/mol. The highest BCUT2D eigenvalue weighted by atomic mass is 79.9. The Kier molecular flexibility index (Phi) is 2.82. The fourth-order valence-electron chi connectivity index (χ4n) is 2.73. The summed E-state index contributed by atoms with van der Waals surface area (Å²) in [6.07, 6.45) is 2.33. The predicted molar refractivity (Wildman–Crippen MR) is 76.9 cm³/mol. The summed E-state index contributed by atoms with van der Waals surface area (Å²) in [5.74, 6) is 1.85. The smallest absolute Gasteiger partial charge is 0.127 e. The first-order valence-electron chi connectivity index (χ1n) is 6.08. The first kappa shape index (κ1) is 12.0. The van der Waals surface area contributed by atoms with Gasteiger partial charge in [-0.3, -0.25) is 0 Å². The SMILES string of the molecule is CC1(C)CC1C(Br)c1cc(Br)cc2c1OCC2. The molecule has 1 nitrogen and oxygen atoms in total. The summed E-state index contributed by atoms with van der Waals surface area (Å²) in [6.45, 7) is 5.50. The summed E-state index contributed by atoms with van der Waals surface area (Å²) < 4.78 is 6.97. The molecular weight excluding hydrogens is 344 g/mol. The van der Waals surface area contributed by atoms with Crippen molar-refractivity contribution in [3.8, 4) is 5.75 Å². The number of benzene rings is 1. The first-order valence-corrected chi connectivity index (χ1v) is 7.79. The quantitative estimate of drug-likeness (QED) is 0.684. The molecule has 1 fully saturated rings. The van der Waals surface area contributed by atoms with Crippen LogP contribution in [0.3, 0.4) is 0 Å². The third-order valence-electron chi connectivity index (χ3n) is 4.02. The van der Waals surface area contributed by atoms with E-state index in [4.69, 9.17) is 4.74 Å². The van der Waals surface area contributed by atoms with Gasteiger partial charge in [-0.05, 0) is 35.4 Å². The minimum atomic E-state index is 0.418. The van der Waals surface area contributed by atoms with Crippen molar-refractivity contribution in [1.82, 2.24) is 0 Å². The lowest BCUT2D eigenvalue weighted by Crippen LogP contribution is -2.01. The van der Waals surface area contributed by atoms with Crippen LogP contribution in [0.2, 0.25) is 0 Å². The van der Waals surface area contributed by atoms with E-state index in [1.807, 2.05) is 0 Å². The molecule has 2 aliphatic rings. The molecule has 2 atom stereocenters. The summed E-state index contributed by atoms with van der Waals surface area (Å²) >= 11 is 7.48. The van der Waals surface area contributed by atoms with Gasteiger partial charge < -0.3 is 4.74 Å². The lowest BCUT2D eigenvalue weighted by Gasteiger charge is -2.16. The van der Waals surface area contributed by atoms with E-state index >= 15 is 0 Å². The molecule has 0 bridgehead atoms. The van der Waals surface area contributed by atoms with Crippen molar-refractivity contribution in [2.24, 2.45) is 11.3 Å². The Labute approximate surface area is 119 Å². The van der Waals surface area contributed by atoms with Gasteiger partial charge in [-0.25, -0.2) is 0 Å². The zero-order valence-electron chi connectivity index (χ0n) is 10.1. The van der Waals surface area contributed by atoms with Gasteiger partial charge in [0.25, 0.3) is 0 Å². The second-order valence-corrected chi connectivity index (χ2v) is 7.68. The molecule has 3 rings (SSSR count). The van der Waals surface area contributed by atoms with Gasteiger partial charge >= 0.3 is 0 Å². The Morgan fingerprint density at radius 1 is 1.41 bits per heavy atom. The van der Waals surface area contributed by atoms with E-state index in [1.165, 1.54) is 22.0 Å². The van der Waals surface area contributed by atoms with E-state index in [9.17, 15) is 0 Å². The van der Waals surface area contributed by atoms with E-state index < -0.39 is 0 Å². The summed E-state index contributed by atoms with van der Waals surface area (Å²) in [5.41, 5.74) is 3.14. The van der Waals surface area contributed by atoms with Crippen molar-refractivity contribution < 1.29 is 4.74 Å². The van der Waals surface area contributed by atoms with Crippen LogP contribution in [-0.2, 0) is 6.42 Å². The number of hydrogen-bond acceptors (Lipinski definition) is 1. The Hall–Kier alpha value is -0.0200. The lowest BCUT2D eigenvalue weighted by atomic mass is 9.99. The standard InChI is InChI=1S/C14H16Br2O/c1-14(2)7-11(14)12(16)10-6-9(15)5-8-3-4-17-13(8)10/h5-6,11-12H,3-4,7H2,1-2H3. The highest BCUT2D eigenvalue weighted by Gasteiger charge is 2.50. The monoisotopic (exact) mass is 358 g/mol. The maximum Gasteiger partial charge on any atom is 0.127 e. The van der Waals surface area contributed by atoms with E-state index in [-0.39, 0.29) is 0 Å². The molecule has 0 saturated heterocycles. The molecule has 17 heavy (non-hydrogen) atoms. The average Bonchev–Trinajstić information content (AvgIpc) is 2.71. The minimum absolute atomic E-state index is 0.418. The van der Waals surface area contributed by atoms with Crippen molar-refractivity contribution in [3.05, 3.63) is 27.7 Å². The second-order valence-electron chi connectivity index (χ2n) is 5.78. The Morgan fingerprint density at radius 2 is 2.12 bits per heavy atom. The van der Waals surface area contributed by atoms with Crippen molar-refractivity contribution >= 4 is 31.9 Å². The highest BCUT2D eigenvalue weighted by Crippen LogP contribution is 2.62. The lowest BCUT2D eigenvalue weighted by molar-refractivity contribution is 0.352. The van der Waals surface area contributed by atoms with E-state index in [0.717, 1.165) is 24.7 Å². The largest absolute Gasteiger partial charge is 0.493 e. The van der Waals surface area contributed by atoms with Crippen LogP contribution in [0.25, 0.3) is 0 Å². The number of hydrogen-bond donors (Lipinski definition) is 0. The van der Waals surface area contributed by atoms with Gasteiger partial charge in [-0.2, -0.15) is 0 Å². The summed E-state index contributed by atoms with van der Waals surface area (Å²) in [4.78, 5) is 0.418. The molecule has 1 heterocycles. The van der Waals surface area contributed by atoms with Crippen LogP contribution >= 0.6 is 31.9 Å². The third-order valence-corrected chi connectivity index (χ3v) is 5.61. The molecule has 3 heteroatoms. The van der Waals surface area contributed by atoms with Crippen LogP contribution in [0, 0.1) is 11.3 Å².